The first-order valence-corrected chi connectivity index (χ1v) is 6.80. The molecule has 1 heterocycles. The van der Waals surface area contributed by atoms with Gasteiger partial charge in [0.05, 0.1) is 5.56 Å². The standard InChI is InChI=1S/C16H14FNO3/c17-14-8-12(16(19)20)9-18-15(14)21-13-6-4-11(5-7-13)10-2-1-3-10/h4-10H,1-3H2,(H,19,20). The van der Waals surface area contributed by atoms with Crippen molar-refractivity contribution in [2.45, 2.75) is 25.2 Å². The lowest BCUT2D eigenvalue weighted by molar-refractivity contribution is 0.0695. The van der Waals surface area contributed by atoms with Crippen LogP contribution in [-0.4, -0.2) is 16.1 Å². The van der Waals surface area contributed by atoms with Gasteiger partial charge in [0.15, 0.2) is 5.82 Å². The van der Waals surface area contributed by atoms with E-state index in [1.807, 2.05) is 12.1 Å². The summed E-state index contributed by atoms with van der Waals surface area (Å²) in [5.41, 5.74) is 1.06. The topological polar surface area (TPSA) is 59.4 Å². The van der Waals surface area contributed by atoms with Gasteiger partial charge in [-0.1, -0.05) is 18.6 Å². The normalized spacial score (nSPS) is 14.5. The molecule has 1 N–H and O–H groups in total. The van der Waals surface area contributed by atoms with Crippen LogP contribution in [0.15, 0.2) is 36.5 Å². The molecule has 0 bridgehead atoms. The van der Waals surface area contributed by atoms with E-state index >= 15 is 0 Å². The van der Waals surface area contributed by atoms with Crippen LogP contribution in [0.25, 0.3) is 0 Å². The van der Waals surface area contributed by atoms with Crippen molar-refractivity contribution in [1.82, 2.24) is 4.98 Å². The second kappa shape index (κ2) is 5.52. The first kappa shape index (κ1) is 13.5. The third-order valence-corrected chi connectivity index (χ3v) is 3.73. The van der Waals surface area contributed by atoms with Crippen LogP contribution >= 0.6 is 0 Å². The Morgan fingerprint density at radius 3 is 2.52 bits per heavy atom. The largest absolute Gasteiger partial charge is 0.478 e. The molecule has 2 aromatic rings. The summed E-state index contributed by atoms with van der Waals surface area (Å²) in [6.07, 6.45) is 4.78. The van der Waals surface area contributed by atoms with Crippen molar-refractivity contribution in [3.8, 4) is 11.6 Å². The smallest absolute Gasteiger partial charge is 0.337 e. The van der Waals surface area contributed by atoms with Crippen LogP contribution in [0.5, 0.6) is 11.6 Å². The van der Waals surface area contributed by atoms with Crippen molar-refractivity contribution in [2.75, 3.05) is 0 Å². The minimum absolute atomic E-state index is 0.208. The quantitative estimate of drug-likeness (QED) is 0.924. The second-order valence-electron chi connectivity index (χ2n) is 5.12. The number of hydrogen-bond acceptors (Lipinski definition) is 3. The molecule has 0 saturated heterocycles. The molecule has 1 aliphatic rings. The third kappa shape index (κ3) is 2.86. The summed E-state index contributed by atoms with van der Waals surface area (Å²) in [6.45, 7) is 0. The van der Waals surface area contributed by atoms with Gasteiger partial charge >= 0.3 is 5.97 Å². The van der Waals surface area contributed by atoms with Crippen LogP contribution < -0.4 is 4.74 Å². The number of aromatic carboxylic acids is 1. The summed E-state index contributed by atoms with van der Waals surface area (Å²) < 4.78 is 19.1. The Balaban J connectivity index is 1.75. The van der Waals surface area contributed by atoms with E-state index in [0.717, 1.165) is 12.3 Å². The summed E-state index contributed by atoms with van der Waals surface area (Å²) in [4.78, 5) is 14.4. The number of aromatic nitrogens is 1. The van der Waals surface area contributed by atoms with Gasteiger partial charge in [0, 0.05) is 6.20 Å². The average Bonchev–Trinajstić information content (AvgIpc) is 2.41. The third-order valence-electron chi connectivity index (χ3n) is 3.73. The van der Waals surface area contributed by atoms with Gasteiger partial charge in [-0.3, -0.25) is 0 Å². The van der Waals surface area contributed by atoms with Gasteiger partial charge in [-0.25, -0.2) is 14.2 Å². The molecule has 1 saturated carbocycles. The molecule has 1 aliphatic carbocycles. The number of ether oxygens (including phenoxy) is 1. The Labute approximate surface area is 121 Å². The van der Waals surface area contributed by atoms with Gasteiger partial charge in [0.2, 0.25) is 0 Å². The van der Waals surface area contributed by atoms with E-state index in [-0.39, 0.29) is 11.4 Å². The molecule has 0 aliphatic heterocycles. The predicted molar refractivity (Wildman–Crippen MR) is 74.3 cm³/mol. The van der Waals surface area contributed by atoms with Gasteiger partial charge in [-0.15, -0.1) is 0 Å². The van der Waals surface area contributed by atoms with Crippen molar-refractivity contribution in [3.63, 3.8) is 0 Å². The fourth-order valence-electron chi connectivity index (χ4n) is 2.28. The summed E-state index contributed by atoms with van der Waals surface area (Å²) in [7, 11) is 0. The number of pyridine rings is 1. The van der Waals surface area contributed by atoms with Gasteiger partial charge < -0.3 is 9.84 Å². The minimum atomic E-state index is -1.22. The number of carboxylic acid groups (broad SMARTS) is 1. The zero-order chi connectivity index (χ0) is 14.8. The zero-order valence-corrected chi connectivity index (χ0v) is 11.3. The highest BCUT2D eigenvalue weighted by Crippen LogP contribution is 2.37. The molecule has 1 aromatic carbocycles. The predicted octanol–water partition coefficient (Wildman–Crippen LogP) is 3.98. The summed E-state index contributed by atoms with van der Waals surface area (Å²) >= 11 is 0. The van der Waals surface area contributed by atoms with Crippen molar-refractivity contribution < 1.29 is 19.0 Å². The fraction of sp³-hybridized carbons (Fsp3) is 0.250. The van der Waals surface area contributed by atoms with Crippen molar-refractivity contribution in [2.24, 2.45) is 0 Å². The Morgan fingerprint density at radius 2 is 2.00 bits per heavy atom. The van der Waals surface area contributed by atoms with Gasteiger partial charge in [-0.2, -0.15) is 0 Å². The highest BCUT2D eigenvalue weighted by Gasteiger charge is 2.19. The number of nitrogens with zero attached hydrogens (tertiary/aromatic N) is 1. The molecule has 0 radical (unpaired) electrons. The molecule has 5 heteroatoms. The molecule has 1 fully saturated rings. The maximum absolute atomic E-state index is 13.7. The lowest BCUT2D eigenvalue weighted by atomic mass is 9.80. The van der Waals surface area contributed by atoms with Crippen LogP contribution in [0.1, 0.15) is 41.1 Å². The van der Waals surface area contributed by atoms with E-state index in [2.05, 4.69) is 4.98 Å². The van der Waals surface area contributed by atoms with Crippen LogP contribution in [0.3, 0.4) is 0 Å². The highest BCUT2D eigenvalue weighted by atomic mass is 19.1. The molecule has 0 atom stereocenters. The van der Waals surface area contributed by atoms with Gasteiger partial charge in [-0.05, 0) is 42.5 Å². The number of rotatable bonds is 4. The SMILES string of the molecule is O=C(O)c1cnc(Oc2ccc(C3CCC3)cc2)c(F)c1. The maximum atomic E-state index is 13.7. The van der Waals surface area contributed by atoms with Gasteiger partial charge in [0.1, 0.15) is 5.75 Å². The van der Waals surface area contributed by atoms with Crippen molar-refractivity contribution in [1.29, 1.82) is 0 Å². The summed E-state index contributed by atoms with van der Waals surface area (Å²) in [5, 5.41) is 8.75. The monoisotopic (exact) mass is 287 g/mol. The number of benzene rings is 1. The molecule has 0 unspecified atom stereocenters. The first-order chi connectivity index (χ1) is 10.1. The molecular formula is C16H14FNO3. The van der Waals surface area contributed by atoms with Crippen LogP contribution in [0.4, 0.5) is 4.39 Å². The van der Waals surface area contributed by atoms with E-state index in [1.54, 1.807) is 12.1 Å². The highest BCUT2D eigenvalue weighted by molar-refractivity contribution is 5.87. The fourth-order valence-corrected chi connectivity index (χ4v) is 2.28. The molecule has 1 aromatic heterocycles. The molecule has 0 amide bonds. The summed E-state index contributed by atoms with van der Waals surface area (Å²) in [5.74, 6) is -1.14. The van der Waals surface area contributed by atoms with E-state index in [1.165, 1.54) is 24.8 Å². The Morgan fingerprint density at radius 1 is 1.29 bits per heavy atom. The van der Waals surface area contributed by atoms with E-state index < -0.39 is 11.8 Å². The van der Waals surface area contributed by atoms with E-state index in [0.29, 0.717) is 11.7 Å². The van der Waals surface area contributed by atoms with Crippen molar-refractivity contribution >= 4 is 5.97 Å². The molecule has 3 rings (SSSR count). The molecular weight excluding hydrogens is 273 g/mol. The molecule has 4 nitrogen and oxygen atoms in total. The lowest BCUT2D eigenvalue weighted by Gasteiger charge is -2.25. The lowest BCUT2D eigenvalue weighted by Crippen LogP contribution is -2.08. The summed E-state index contributed by atoms with van der Waals surface area (Å²) in [6, 6.07) is 8.40. The molecule has 0 spiro atoms. The van der Waals surface area contributed by atoms with Crippen LogP contribution in [0, 0.1) is 5.82 Å². The first-order valence-electron chi connectivity index (χ1n) is 6.80. The van der Waals surface area contributed by atoms with Crippen LogP contribution in [-0.2, 0) is 0 Å². The minimum Gasteiger partial charge on any atom is -0.478 e. The van der Waals surface area contributed by atoms with Crippen LogP contribution in [0.2, 0.25) is 0 Å². The number of carbonyl (C=O) groups is 1. The van der Waals surface area contributed by atoms with E-state index in [9.17, 15) is 9.18 Å². The Bertz CT molecular complexity index is 666. The molecule has 108 valence electrons. The van der Waals surface area contributed by atoms with E-state index in [4.69, 9.17) is 9.84 Å². The number of halogens is 1. The second-order valence-corrected chi connectivity index (χ2v) is 5.12. The zero-order valence-electron chi connectivity index (χ0n) is 11.3. The van der Waals surface area contributed by atoms with Crippen molar-refractivity contribution in [3.05, 3.63) is 53.5 Å². The average molecular weight is 287 g/mol. The number of hydrogen-bond donors (Lipinski definition) is 1. The molecule has 21 heavy (non-hydrogen) atoms. The van der Waals surface area contributed by atoms with Gasteiger partial charge in [0.25, 0.3) is 5.88 Å². The number of carboxylic acids is 1. The Kier molecular flexibility index (Phi) is 3.56. The Hall–Kier alpha value is -2.43. The maximum Gasteiger partial charge on any atom is 0.337 e.